The third kappa shape index (κ3) is 3.17. The summed E-state index contributed by atoms with van der Waals surface area (Å²) in [6, 6.07) is 15.8. The third-order valence-electron chi connectivity index (χ3n) is 6.39. The number of hydrogen-bond acceptors (Lipinski definition) is 3. The summed E-state index contributed by atoms with van der Waals surface area (Å²) in [6.45, 7) is 1.53. The molecule has 2 aliphatic rings. The van der Waals surface area contributed by atoms with E-state index >= 15 is 0 Å². The van der Waals surface area contributed by atoms with E-state index in [4.69, 9.17) is 5.11 Å². The van der Waals surface area contributed by atoms with Crippen molar-refractivity contribution in [2.24, 2.45) is 0 Å². The van der Waals surface area contributed by atoms with Gasteiger partial charge >= 0.3 is 12.0 Å². The lowest BCUT2D eigenvalue weighted by Gasteiger charge is -2.41. The molecule has 7 heteroatoms. The number of benzene rings is 2. The number of carbonyl (C=O) groups is 3. The average molecular weight is 417 g/mol. The smallest absolute Gasteiger partial charge is 0.326 e. The zero-order chi connectivity index (χ0) is 21.7. The highest BCUT2D eigenvalue weighted by Gasteiger charge is 2.44. The molecule has 1 fully saturated rings. The van der Waals surface area contributed by atoms with Crippen molar-refractivity contribution in [3.63, 3.8) is 0 Å². The lowest BCUT2D eigenvalue weighted by Crippen LogP contribution is -2.56. The minimum absolute atomic E-state index is 0.114. The molecule has 5 rings (SSSR count). The van der Waals surface area contributed by atoms with Gasteiger partial charge in [-0.2, -0.15) is 0 Å². The first-order valence-electron chi connectivity index (χ1n) is 10.4. The van der Waals surface area contributed by atoms with Gasteiger partial charge in [0.1, 0.15) is 0 Å². The van der Waals surface area contributed by atoms with Crippen LogP contribution in [0.2, 0.25) is 0 Å². The molecule has 1 unspecified atom stereocenters. The molecule has 1 atom stereocenters. The Kier molecular flexibility index (Phi) is 4.54. The van der Waals surface area contributed by atoms with Crippen molar-refractivity contribution in [3.8, 4) is 0 Å². The number of carboxylic acids is 1. The largest absolute Gasteiger partial charge is 0.481 e. The number of para-hydroxylation sites is 1. The van der Waals surface area contributed by atoms with Crippen LogP contribution in [0.5, 0.6) is 0 Å². The first-order valence-corrected chi connectivity index (χ1v) is 10.4. The molecule has 0 radical (unpaired) electrons. The highest BCUT2D eigenvalue weighted by molar-refractivity contribution is 6.04. The number of aromatic nitrogens is 1. The van der Waals surface area contributed by atoms with Crippen molar-refractivity contribution in [2.45, 2.75) is 31.8 Å². The molecule has 2 bridgehead atoms. The second-order valence-corrected chi connectivity index (χ2v) is 8.29. The summed E-state index contributed by atoms with van der Waals surface area (Å²) in [4.78, 5) is 39.2. The second kappa shape index (κ2) is 7.27. The molecule has 1 saturated heterocycles. The monoisotopic (exact) mass is 417 g/mol. The van der Waals surface area contributed by atoms with Crippen LogP contribution in [0, 0.1) is 0 Å². The fraction of sp³-hybridized carbons (Fsp3) is 0.292. The highest BCUT2D eigenvalue weighted by Crippen LogP contribution is 2.40. The first kappa shape index (κ1) is 19.4. The Hall–Kier alpha value is -3.61. The van der Waals surface area contributed by atoms with E-state index < -0.39 is 5.97 Å². The number of fused-ring (bicyclic) bond motifs is 6. The highest BCUT2D eigenvalue weighted by atomic mass is 16.4. The number of aryl methyl sites for hydroxylation is 1. The zero-order valence-corrected chi connectivity index (χ0v) is 17.2. The number of nitrogens with zero attached hydrogens (tertiary/aromatic N) is 3. The summed E-state index contributed by atoms with van der Waals surface area (Å²) < 4.78 is 2.21. The van der Waals surface area contributed by atoms with Crippen molar-refractivity contribution >= 4 is 28.8 Å². The van der Waals surface area contributed by atoms with E-state index in [-0.39, 0.29) is 24.3 Å². The third-order valence-corrected chi connectivity index (χ3v) is 6.39. The number of carboxylic acid groups (broad SMARTS) is 1. The van der Waals surface area contributed by atoms with Crippen molar-refractivity contribution in [1.82, 2.24) is 14.4 Å². The van der Waals surface area contributed by atoms with Crippen LogP contribution in [0.15, 0.2) is 48.5 Å². The van der Waals surface area contributed by atoms with E-state index in [2.05, 4.69) is 16.7 Å². The van der Waals surface area contributed by atoms with E-state index in [9.17, 15) is 14.4 Å². The van der Waals surface area contributed by atoms with E-state index in [0.29, 0.717) is 26.1 Å². The van der Waals surface area contributed by atoms with Gasteiger partial charge in [0.2, 0.25) is 5.91 Å². The minimum Gasteiger partial charge on any atom is -0.481 e. The molecule has 0 saturated carbocycles. The van der Waals surface area contributed by atoms with Gasteiger partial charge < -0.3 is 14.6 Å². The maximum atomic E-state index is 12.9. The maximum Gasteiger partial charge on any atom is 0.326 e. The topological polar surface area (TPSA) is 82.8 Å². The molecule has 2 aliphatic heterocycles. The fourth-order valence-electron chi connectivity index (χ4n) is 4.81. The molecule has 31 heavy (non-hydrogen) atoms. The summed E-state index contributed by atoms with van der Waals surface area (Å²) in [5.74, 6) is -1.28. The van der Waals surface area contributed by atoms with Gasteiger partial charge in [-0.1, -0.05) is 42.5 Å². The Morgan fingerprint density at radius 2 is 1.77 bits per heavy atom. The van der Waals surface area contributed by atoms with Crippen molar-refractivity contribution in [1.29, 1.82) is 0 Å². The van der Waals surface area contributed by atoms with Crippen LogP contribution in [0.1, 0.15) is 34.7 Å². The Bertz CT molecular complexity index is 1210. The Balaban J connectivity index is 1.54. The number of urea groups is 1. The molecule has 2 aromatic carbocycles. The van der Waals surface area contributed by atoms with E-state index in [0.717, 1.165) is 33.3 Å². The predicted octanol–water partition coefficient (Wildman–Crippen LogP) is 3.20. The van der Waals surface area contributed by atoms with Crippen molar-refractivity contribution in [3.05, 3.63) is 70.9 Å². The maximum absolute atomic E-state index is 12.9. The Morgan fingerprint density at radius 3 is 2.52 bits per heavy atom. The molecule has 3 heterocycles. The predicted molar refractivity (Wildman–Crippen MR) is 115 cm³/mol. The van der Waals surface area contributed by atoms with Gasteiger partial charge in [-0.3, -0.25) is 14.5 Å². The molecular formula is C24H23N3O4. The molecular weight excluding hydrogens is 394 g/mol. The lowest BCUT2D eigenvalue weighted by atomic mass is 9.89. The number of carbonyl (C=O) groups excluding carboxylic acids is 2. The summed E-state index contributed by atoms with van der Waals surface area (Å²) in [5, 5.41) is 9.94. The van der Waals surface area contributed by atoms with Gasteiger partial charge in [-0.05, 0) is 29.2 Å². The number of imide groups is 1. The van der Waals surface area contributed by atoms with Gasteiger partial charge in [0.05, 0.1) is 12.5 Å². The molecule has 158 valence electrons. The quantitative estimate of drug-likeness (QED) is 0.691. The lowest BCUT2D eigenvalue weighted by molar-refractivity contribution is -0.137. The van der Waals surface area contributed by atoms with Crippen molar-refractivity contribution in [2.75, 3.05) is 13.6 Å². The van der Waals surface area contributed by atoms with Crippen LogP contribution in [-0.4, -0.2) is 51.0 Å². The van der Waals surface area contributed by atoms with Crippen LogP contribution in [-0.2, 0) is 29.1 Å². The summed E-state index contributed by atoms with van der Waals surface area (Å²) in [6.07, 6.45) is 0.620. The van der Waals surface area contributed by atoms with Crippen LogP contribution in [0.3, 0.4) is 0 Å². The zero-order valence-electron chi connectivity index (χ0n) is 17.2. The second-order valence-electron chi connectivity index (χ2n) is 8.29. The molecule has 3 aromatic rings. The van der Waals surface area contributed by atoms with E-state index in [1.807, 2.05) is 36.4 Å². The van der Waals surface area contributed by atoms with Gasteiger partial charge in [0, 0.05) is 43.2 Å². The van der Waals surface area contributed by atoms with Crippen LogP contribution < -0.4 is 0 Å². The molecule has 0 spiro atoms. The van der Waals surface area contributed by atoms with E-state index in [1.54, 1.807) is 11.9 Å². The van der Waals surface area contributed by atoms with Crippen LogP contribution in [0.4, 0.5) is 4.79 Å². The van der Waals surface area contributed by atoms with Crippen LogP contribution in [0.25, 0.3) is 10.9 Å². The molecule has 3 amide bonds. The standard InChI is InChI=1S/C24H23N3O4/c1-25-23(30)18-13-26(24(25)31)14-20-22(18)17-4-2-3-5-19(17)27(20)12-16-8-6-15(7-9-16)10-11-21(28)29/h2-9,18H,10-14H2,1H3,(H,28,29). The Labute approximate surface area is 179 Å². The van der Waals surface area contributed by atoms with Crippen molar-refractivity contribution < 1.29 is 19.5 Å². The molecule has 0 aliphatic carbocycles. The first-order chi connectivity index (χ1) is 14.9. The van der Waals surface area contributed by atoms with E-state index in [1.165, 1.54) is 4.90 Å². The summed E-state index contributed by atoms with van der Waals surface area (Å²) in [5.41, 5.74) is 5.18. The van der Waals surface area contributed by atoms with Gasteiger partial charge in [0.15, 0.2) is 0 Å². The van der Waals surface area contributed by atoms with Gasteiger partial charge in [-0.15, -0.1) is 0 Å². The fourth-order valence-corrected chi connectivity index (χ4v) is 4.81. The minimum atomic E-state index is -0.801. The molecule has 7 nitrogen and oxygen atoms in total. The summed E-state index contributed by atoms with van der Waals surface area (Å²) >= 11 is 0. The number of amides is 3. The molecule has 1 aromatic heterocycles. The summed E-state index contributed by atoms with van der Waals surface area (Å²) in [7, 11) is 1.56. The Morgan fingerprint density at radius 1 is 1.06 bits per heavy atom. The van der Waals surface area contributed by atoms with Gasteiger partial charge in [0.25, 0.3) is 0 Å². The van der Waals surface area contributed by atoms with Gasteiger partial charge in [-0.25, -0.2) is 4.79 Å². The number of likely N-dealkylation sites (N-methyl/N-ethyl adjacent to an activating group) is 1. The molecule has 1 N–H and O–H groups in total. The average Bonchev–Trinajstić information content (AvgIpc) is 3.09. The number of aliphatic carboxylic acids is 1. The van der Waals surface area contributed by atoms with Crippen LogP contribution >= 0.6 is 0 Å². The normalized spacial score (nSPS) is 17.9. The SMILES string of the molecule is CN1C(=O)C2CN(Cc3c2c2ccccc2n3Cc2ccc(CCC(=O)O)cc2)C1=O. The number of rotatable bonds is 5. The number of hydrogen-bond donors (Lipinski definition) is 1.